The first-order valence-corrected chi connectivity index (χ1v) is 6.70. The van der Waals surface area contributed by atoms with E-state index in [-0.39, 0.29) is 11.4 Å². The number of thioether (sulfide) groups is 1. The van der Waals surface area contributed by atoms with Gasteiger partial charge in [0.15, 0.2) is 0 Å². The lowest BCUT2D eigenvalue weighted by Gasteiger charge is -2.15. The molecule has 0 aliphatic rings. The van der Waals surface area contributed by atoms with Crippen LogP contribution in [0.25, 0.3) is 0 Å². The van der Waals surface area contributed by atoms with E-state index in [1.165, 1.54) is 0 Å². The van der Waals surface area contributed by atoms with Gasteiger partial charge in [0.05, 0.1) is 5.56 Å². The summed E-state index contributed by atoms with van der Waals surface area (Å²) in [4.78, 5) is 11.7. The fourth-order valence-electron chi connectivity index (χ4n) is 1.25. The van der Waals surface area contributed by atoms with E-state index in [1.54, 1.807) is 23.9 Å². The van der Waals surface area contributed by atoms with Gasteiger partial charge in [-0.15, -0.1) is 11.8 Å². The van der Waals surface area contributed by atoms with E-state index in [2.05, 4.69) is 6.92 Å². The Kier molecular flexibility index (Phi) is 6.01. The van der Waals surface area contributed by atoms with E-state index in [9.17, 15) is 4.79 Å². The first kappa shape index (κ1) is 13.1. The zero-order valence-corrected chi connectivity index (χ0v) is 10.6. The third kappa shape index (κ3) is 4.27. The molecule has 0 aromatic heterocycles. The van der Waals surface area contributed by atoms with Crippen molar-refractivity contribution in [3.05, 3.63) is 35.9 Å². The van der Waals surface area contributed by atoms with Gasteiger partial charge in [-0.3, -0.25) is 0 Å². The normalized spacial score (nSPS) is 12.1. The lowest BCUT2D eigenvalue weighted by molar-refractivity contribution is 0.0454. The molecule has 0 spiro atoms. The molecule has 1 rings (SSSR count). The van der Waals surface area contributed by atoms with Crippen molar-refractivity contribution in [3.8, 4) is 0 Å². The lowest BCUT2D eigenvalue weighted by Crippen LogP contribution is -2.14. The van der Waals surface area contributed by atoms with E-state index in [0.717, 1.165) is 18.6 Å². The minimum Gasteiger partial charge on any atom is -0.448 e. The molecular formula is C13H18O2S. The quantitative estimate of drug-likeness (QED) is 0.558. The molecule has 16 heavy (non-hydrogen) atoms. The van der Waals surface area contributed by atoms with Gasteiger partial charge in [0.2, 0.25) is 0 Å². The Labute approximate surface area is 101 Å². The van der Waals surface area contributed by atoms with Crippen LogP contribution in [0.2, 0.25) is 0 Å². The number of ether oxygens (including phenoxy) is 1. The SMILES string of the molecule is CCCSC(CC)OC(=O)c1ccccc1. The minimum atomic E-state index is -0.226. The Hall–Kier alpha value is -0.960. The van der Waals surface area contributed by atoms with Gasteiger partial charge in [-0.05, 0) is 30.7 Å². The summed E-state index contributed by atoms with van der Waals surface area (Å²) in [6.07, 6.45) is 1.95. The Morgan fingerprint density at radius 1 is 1.31 bits per heavy atom. The van der Waals surface area contributed by atoms with Crippen molar-refractivity contribution in [2.45, 2.75) is 32.1 Å². The molecule has 0 saturated heterocycles. The molecule has 1 unspecified atom stereocenters. The summed E-state index contributed by atoms with van der Waals surface area (Å²) >= 11 is 1.70. The third-order valence-electron chi connectivity index (χ3n) is 2.09. The molecule has 0 N–H and O–H groups in total. The monoisotopic (exact) mass is 238 g/mol. The molecule has 3 heteroatoms. The van der Waals surface area contributed by atoms with Gasteiger partial charge in [-0.2, -0.15) is 0 Å². The summed E-state index contributed by atoms with van der Waals surface area (Å²) in [5, 5.41) is 0. The van der Waals surface area contributed by atoms with Gasteiger partial charge < -0.3 is 4.74 Å². The fraction of sp³-hybridized carbons (Fsp3) is 0.462. The van der Waals surface area contributed by atoms with Crippen LogP contribution in [0.4, 0.5) is 0 Å². The third-order valence-corrected chi connectivity index (χ3v) is 3.53. The van der Waals surface area contributed by atoms with E-state index in [1.807, 2.05) is 25.1 Å². The van der Waals surface area contributed by atoms with Crippen molar-refractivity contribution in [2.24, 2.45) is 0 Å². The maximum absolute atomic E-state index is 11.7. The zero-order valence-electron chi connectivity index (χ0n) is 9.81. The Bertz CT molecular complexity index is 311. The number of carbonyl (C=O) groups is 1. The Morgan fingerprint density at radius 3 is 2.56 bits per heavy atom. The Balaban J connectivity index is 2.49. The topological polar surface area (TPSA) is 26.3 Å². The summed E-state index contributed by atoms with van der Waals surface area (Å²) in [7, 11) is 0. The van der Waals surface area contributed by atoms with Crippen LogP contribution < -0.4 is 0 Å². The highest BCUT2D eigenvalue weighted by Crippen LogP contribution is 2.18. The molecule has 0 aliphatic carbocycles. The van der Waals surface area contributed by atoms with Gasteiger partial charge in [-0.1, -0.05) is 32.0 Å². The number of carbonyl (C=O) groups excluding carboxylic acids is 1. The molecule has 0 radical (unpaired) electrons. The Morgan fingerprint density at radius 2 is 2.00 bits per heavy atom. The molecule has 0 heterocycles. The standard InChI is InChI=1S/C13H18O2S/c1-3-10-16-12(4-2)15-13(14)11-8-6-5-7-9-11/h5-9,12H,3-4,10H2,1-2H3. The molecule has 0 bridgehead atoms. The van der Waals surface area contributed by atoms with E-state index >= 15 is 0 Å². The first-order chi connectivity index (χ1) is 7.77. The zero-order chi connectivity index (χ0) is 11.8. The molecule has 2 nitrogen and oxygen atoms in total. The summed E-state index contributed by atoms with van der Waals surface area (Å²) in [5.41, 5.74) is 0.603. The number of rotatable bonds is 6. The van der Waals surface area contributed by atoms with Crippen LogP contribution in [-0.2, 0) is 4.74 Å². The maximum atomic E-state index is 11.7. The second-order valence-corrected chi connectivity index (χ2v) is 4.75. The van der Waals surface area contributed by atoms with Crippen molar-refractivity contribution < 1.29 is 9.53 Å². The molecule has 1 aromatic carbocycles. The van der Waals surface area contributed by atoms with Gasteiger partial charge in [0.1, 0.15) is 5.44 Å². The number of benzene rings is 1. The second kappa shape index (κ2) is 7.34. The van der Waals surface area contributed by atoms with E-state index in [4.69, 9.17) is 4.74 Å². The van der Waals surface area contributed by atoms with Crippen LogP contribution in [0, 0.1) is 0 Å². The second-order valence-electron chi connectivity index (χ2n) is 3.48. The first-order valence-electron chi connectivity index (χ1n) is 5.65. The summed E-state index contributed by atoms with van der Waals surface area (Å²) < 4.78 is 5.41. The van der Waals surface area contributed by atoms with Crippen LogP contribution >= 0.6 is 11.8 Å². The van der Waals surface area contributed by atoms with Crippen LogP contribution in [0.5, 0.6) is 0 Å². The highest BCUT2D eigenvalue weighted by atomic mass is 32.2. The molecule has 0 aliphatic heterocycles. The fourth-order valence-corrected chi connectivity index (χ4v) is 2.14. The predicted molar refractivity (Wildman–Crippen MR) is 68.7 cm³/mol. The summed E-state index contributed by atoms with van der Waals surface area (Å²) in [5.74, 6) is 0.802. The van der Waals surface area contributed by atoms with Gasteiger partial charge >= 0.3 is 5.97 Å². The smallest absolute Gasteiger partial charge is 0.339 e. The number of hydrogen-bond acceptors (Lipinski definition) is 3. The van der Waals surface area contributed by atoms with Crippen LogP contribution in [0.15, 0.2) is 30.3 Å². The maximum Gasteiger partial charge on any atom is 0.339 e. The molecule has 1 atom stereocenters. The summed E-state index contributed by atoms with van der Waals surface area (Å²) in [6.45, 7) is 4.16. The molecule has 0 fully saturated rings. The predicted octanol–water partition coefficient (Wildman–Crippen LogP) is 3.72. The van der Waals surface area contributed by atoms with Crippen LogP contribution in [0.3, 0.4) is 0 Å². The average Bonchev–Trinajstić information content (AvgIpc) is 2.35. The molecule has 88 valence electrons. The molecule has 0 saturated carbocycles. The van der Waals surface area contributed by atoms with Crippen molar-refractivity contribution in [1.29, 1.82) is 0 Å². The molecule has 1 aromatic rings. The lowest BCUT2D eigenvalue weighted by atomic mass is 10.2. The minimum absolute atomic E-state index is 0.0207. The molecular weight excluding hydrogens is 220 g/mol. The van der Waals surface area contributed by atoms with Crippen LogP contribution in [0.1, 0.15) is 37.0 Å². The highest BCUT2D eigenvalue weighted by molar-refractivity contribution is 7.99. The van der Waals surface area contributed by atoms with E-state index < -0.39 is 0 Å². The van der Waals surface area contributed by atoms with Crippen LogP contribution in [-0.4, -0.2) is 17.2 Å². The average molecular weight is 238 g/mol. The van der Waals surface area contributed by atoms with Crippen molar-refractivity contribution >= 4 is 17.7 Å². The van der Waals surface area contributed by atoms with Crippen molar-refractivity contribution in [2.75, 3.05) is 5.75 Å². The van der Waals surface area contributed by atoms with Gasteiger partial charge in [0, 0.05) is 0 Å². The highest BCUT2D eigenvalue weighted by Gasteiger charge is 2.13. The summed E-state index contributed by atoms with van der Waals surface area (Å²) in [6, 6.07) is 9.13. The molecule has 0 amide bonds. The largest absolute Gasteiger partial charge is 0.448 e. The van der Waals surface area contributed by atoms with E-state index in [0.29, 0.717) is 5.56 Å². The van der Waals surface area contributed by atoms with Gasteiger partial charge in [-0.25, -0.2) is 4.79 Å². The van der Waals surface area contributed by atoms with Crippen molar-refractivity contribution in [1.82, 2.24) is 0 Å². The van der Waals surface area contributed by atoms with Gasteiger partial charge in [0.25, 0.3) is 0 Å². The number of hydrogen-bond donors (Lipinski definition) is 0. The number of esters is 1. The van der Waals surface area contributed by atoms with Crippen molar-refractivity contribution in [3.63, 3.8) is 0 Å².